The highest BCUT2D eigenvalue weighted by Gasteiger charge is 2.17. The lowest BCUT2D eigenvalue weighted by molar-refractivity contribution is 0.102. The summed E-state index contributed by atoms with van der Waals surface area (Å²) in [7, 11) is 0. The molecule has 4 rings (SSSR count). The zero-order valence-corrected chi connectivity index (χ0v) is 18.5. The molecule has 0 aliphatic rings. The molecule has 0 aliphatic heterocycles. The lowest BCUT2D eigenvalue weighted by atomic mass is 10.0. The topological polar surface area (TPSA) is 64.8 Å². The first kappa shape index (κ1) is 21.0. The highest BCUT2D eigenvalue weighted by Crippen LogP contribution is 2.23. The van der Waals surface area contributed by atoms with Crippen molar-refractivity contribution in [1.29, 1.82) is 0 Å². The summed E-state index contributed by atoms with van der Waals surface area (Å²) < 4.78 is 1.51. The Morgan fingerprint density at radius 1 is 1.03 bits per heavy atom. The molecule has 6 heteroatoms. The summed E-state index contributed by atoms with van der Waals surface area (Å²) in [4.78, 5) is 35.2. The fourth-order valence-corrected chi connectivity index (χ4v) is 4.26. The van der Waals surface area contributed by atoms with Gasteiger partial charge in [-0.2, -0.15) is 0 Å². The minimum absolute atomic E-state index is 0.00740. The molecule has 0 spiro atoms. The Morgan fingerprint density at radius 3 is 2.48 bits per heavy atom. The number of benzene rings is 2. The van der Waals surface area contributed by atoms with Gasteiger partial charge in [-0.1, -0.05) is 68.1 Å². The van der Waals surface area contributed by atoms with Crippen LogP contribution < -0.4 is 5.56 Å². The molecule has 0 saturated carbocycles. The number of para-hydroxylation sites is 1. The van der Waals surface area contributed by atoms with Gasteiger partial charge in [0.1, 0.15) is 5.82 Å². The molecule has 0 N–H and O–H groups in total. The van der Waals surface area contributed by atoms with Crippen molar-refractivity contribution in [1.82, 2.24) is 14.5 Å². The van der Waals surface area contributed by atoms with E-state index in [1.165, 1.54) is 21.9 Å². The Bertz CT molecular complexity index is 1310. The van der Waals surface area contributed by atoms with Gasteiger partial charge in [-0.25, -0.2) is 14.5 Å². The first-order valence-electron chi connectivity index (χ1n) is 10.2. The van der Waals surface area contributed by atoms with Crippen molar-refractivity contribution >= 4 is 28.4 Å². The van der Waals surface area contributed by atoms with Crippen LogP contribution in [0.25, 0.3) is 16.7 Å². The third-order valence-electron chi connectivity index (χ3n) is 5.17. The van der Waals surface area contributed by atoms with Gasteiger partial charge in [0.2, 0.25) is 0 Å². The molecule has 2 aromatic carbocycles. The number of hydrogen-bond donors (Lipinski definition) is 0. The summed E-state index contributed by atoms with van der Waals surface area (Å²) in [5.41, 5.74) is 3.12. The van der Waals surface area contributed by atoms with Crippen LogP contribution >= 0.6 is 11.8 Å². The molecule has 0 unspecified atom stereocenters. The molecule has 4 aromatic rings. The fourth-order valence-electron chi connectivity index (χ4n) is 3.37. The first-order valence-corrected chi connectivity index (χ1v) is 11.1. The lowest BCUT2D eigenvalue weighted by Crippen LogP contribution is -2.23. The number of carbonyl (C=O) groups is 1. The number of pyridine rings is 1. The molecular weight excluding hydrogens is 406 g/mol. The third-order valence-corrected chi connectivity index (χ3v) is 6.11. The number of aromatic nitrogens is 3. The standard InChI is InChI=1S/C25H23N3O2S/c1-16(2)18-10-12-19(13-11-18)22(29)15-31-25-27-21-9-5-4-8-20(21)24(30)28(25)23-17(3)7-6-14-26-23/h4-14,16H,15H2,1-3H3. The molecule has 0 saturated heterocycles. The van der Waals surface area contributed by atoms with Gasteiger partial charge in [0.05, 0.1) is 16.7 Å². The van der Waals surface area contributed by atoms with Gasteiger partial charge >= 0.3 is 0 Å². The number of thioether (sulfide) groups is 1. The van der Waals surface area contributed by atoms with Crippen LogP contribution in [-0.2, 0) is 0 Å². The van der Waals surface area contributed by atoms with Crippen molar-refractivity contribution in [2.24, 2.45) is 0 Å². The number of Topliss-reactive ketones (excluding diaryl/α,β-unsaturated/α-hetero) is 1. The van der Waals surface area contributed by atoms with Gasteiger partial charge in [0.15, 0.2) is 10.9 Å². The molecule has 0 fully saturated rings. The number of rotatable bonds is 6. The SMILES string of the molecule is Cc1cccnc1-n1c(SCC(=O)c2ccc(C(C)C)cc2)nc2ccccc2c1=O. The van der Waals surface area contributed by atoms with E-state index in [-0.39, 0.29) is 17.1 Å². The Morgan fingerprint density at radius 2 is 1.77 bits per heavy atom. The predicted octanol–water partition coefficient (Wildman–Crippen LogP) is 5.19. The van der Waals surface area contributed by atoms with E-state index < -0.39 is 0 Å². The number of carbonyl (C=O) groups excluding carboxylic acids is 1. The maximum Gasteiger partial charge on any atom is 0.267 e. The Hall–Kier alpha value is -3.25. The van der Waals surface area contributed by atoms with Crippen LogP contribution in [0.3, 0.4) is 0 Å². The van der Waals surface area contributed by atoms with Crippen molar-refractivity contribution < 1.29 is 4.79 Å². The molecule has 31 heavy (non-hydrogen) atoms. The van der Waals surface area contributed by atoms with E-state index in [0.29, 0.717) is 33.4 Å². The predicted molar refractivity (Wildman–Crippen MR) is 125 cm³/mol. The molecule has 0 radical (unpaired) electrons. The summed E-state index contributed by atoms with van der Waals surface area (Å²) in [6.07, 6.45) is 1.65. The number of fused-ring (bicyclic) bond motifs is 1. The van der Waals surface area contributed by atoms with Crippen LogP contribution in [0.4, 0.5) is 0 Å². The fraction of sp³-hybridized carbons (Fsp3) is 0.200. The lowest BCUT2D eigenvalue weighted by Gasteiger charge is -2.14. The number of hydrogen-bond acceptors (Lipinski definition) is 5. The van der Waals surface area contributed by atoms with E-state index in [2.05, 4.69) is 18.8 Å². The Kier molecular flexibility index (Phi) is 6.00. The smallest absolute Gasteiger partial charge is 0.267 e. The van der Waals surface area contributed by atoms with Crippen LogP contribution in [-0.4, -0.2) is 26.1 Å². The molecule has 156 valence electrons. The summed E-state index contributed by atoms with van der Waals surface area (Å²) in [5.74, 6) is 1.11. The van der Waals surface area contributed by atoms with Gasteiger partial charge in [-0.15, -0.1) is 0 Å². The van der Waals surface area contributed by atoms with Gasteiger partial charge in [-0.3, -0.25) is 9.59 Å². The largest absolute Gasteiger partial charge is 0.293 e. The van der Waals surface area contributed by atoms with E-state index in [0.717, 1.165) is 5.56 Å². The molecular formula is C25H23N3O2S. The van der Waals surface area contributed by atoms with E-state index in [9.17, 15) is 9.59 Å². The van der Waals surface area contributed by atoms with Crippen LogP contribution in [0.5, 0.6) is 0 Å². The van der Waals surface area contributed by atoms with Crippen LogP contribution in [0.1, 0.15) is 41.3 Å². The normalized spacial score (nSPS) is 11.2. The van der Waals surface area contributed by atoms with Crippen molar-refractivity contribution in [2.45, 2.75) is 31.8 Å². The Balaban J connectivity index is 1.71. The van der Waals surface area contributed by atoms with Crippen molar-refractivity contribution in [3.05, 3.63) is 93.9 Å². The van der Waals surface area contributed by atoms with Crippen LogP contribution in [0, 0.1) is 6.92 Å². The summed E-state index contributed by atoms with van der Waals surface area (Å²) in [6.45, 7) is 6.15. The highest BCUT2D eigenvalue weighted by atomic mass is 32.2. The molecule has 5 nitrogen and oxygen atoms in total. The second-order valence-corrected chi connectivity index (χ2v) is 8.63. The van der Waals surface area contributed by atoms with Crippen molar-refractivity contribution in [3.8, 4) is 5.82 Å². The van der Waals surface area contributed by atoms with Gasteiger partial charge in [-0.05, 0) is 42.2 Å². The molecule has 0 aliphatic carbocycles. The van der Waals surface area contributed by atoms with Crippen LogP contribution in [0.2, 0.25) is 0 Å². The van der Waals surface area contributed by atoms with E-state index in [4.69, 9.17) is 4.98 Å². The van der Waals surface area contributed by atoms with E-state index >= 15 is 0 Å². The second kappa shape index (κ2) is 8.86. The van der Waals surface area contributed by atoms with Crippen molar-refractivity contribution in [2.75, 3.05) is 5.75 Å². The maximum absolute atomic E-state index is 13.3. The van der Waals surface area contributed by atoms with E-state index in [1.54, 1.807) is 12.3 Å². The second-order valence-electron chi connectivity index (χ2n) is 7.68. The number of aryl methyl sites for hydroxylation is 1. The minimum Gasteiger partial charge on any atom is -0.293 e. The molecule has 0 bridgehead atoms. The first-order chi connectivity index (χ1) is 15.0. The summed E-state index contributed by atoms with van der Waals surface area (Å²) in [5, 5.41) is 0.977. The van der Waals surface area contributed by atoms with Crippen LogP contribution in [0.15, 0.2) is 76.8 Å². The van der Waals surface area contributed by atoms with Gasteiger partial charge < -0.3 is 0 Å². The maximum atomic E-state index is 13.3. The number of nitrogens with zero attached hydrogens (tertiary/aromatic N) is 3. The summed E-state index contributed by atoms with van der Waals surface area (Å²) in [6, 6.07) is 18.7. The molecule has 2 heterocycles. The van der Waals surface area contributed by atoms with Gasteiger partial charge in [0.25, 0.3) is 5.56 Å². The Labute approximate surface area is 185 Å². The average molecular weight is 430 g/mol. The zero-order chi connectivity index (χ0) is 22.0. The molecule has 0 amide bonds. The third kappa shape index (κ3) is 4.30. The van der Waals surface area contributed by atoms with Gasteiger partial charge in [0, 0.05) is 11.8 Å². The van der Waals surface area contributed by atoms with E-state index in [1.807, 2.05) is 61.5 Å². The molecule has 0 atom stereocenters. The summed E-state index contributed by atoms with van der Waals surface area (Å²) >= 11 is 1.26. The minimum atomic E-state index is -0.191. The highest BCUT2D eigenvalue weighted by molar-refractivity contribution is 7.99. The monoisotopic (exact) mass is 429 g/mol. The quantitative estimate of drug-likeness (QED) is 0.240. The molecule has 2 aromatic heterocycles. The average Bonchev–Trinajstić information content (AvgIpc) is 2.78. The zero-order valence-electron chi connectivity index (χ0n) is 17.7. The number of ketones is 1. The van der Waals surface area contributed by atoms with Crippen molar-refractivity contribution in [3.63, 3.8) is 0 Å².